The molecule has 0 saturated carbocycles. The minimum absolute atomic E-state index is 0.0652. The summed E-state index contributed by atoms with van der Waals surface area (Å²) in [4.78, 5) is 21.1. The van der Waals surface area contributed by atoms with Gasteiger partial charge in [0.1, 0.15) is 15.8 Å². The minimum atomic E-state index is -2.45. The van der Waals surface area contributed by atoms with Crippen molar-refractivity contribution in [2.24, 2.45) is 0 Å². The summed E-state index contributed by atoms with van der Waals surface area (Å²) in [6, 6.07) is 8.69. The fraction of sp³-hybridized carbons (Fsp3) is 0.0769. The molecule has 2 aromatic rings. The summed E-state index contributed by atoms with van der Waals surface area (Å²) in [5, 5.41) is 0. The summed E-state index contributed by atoms with van der Waals surface area (Å²) < 4.78 is 31.3. The highest BCUT2D eigenvalue weighted by molar-refractivity contribution is 7.63. The molecule has 0 atom stereocenters. The van der Waals surface area contributed by atoms with Gasteiger partial charge in [-0.1, -0.05) is 12.1 Å². The first-order valence-corrected chi connectivity index (χ1v) is 6.72. The predicted octanol–water partition coefficient (Wildman–Crippen LogP) is 1.85. The van der Waals surface area contributed by atoms with Gasteiger partial charge < -0.3 is 9.15 Å². The summed E-state index contributed by atoms with van der Waals surface area (Å²) >= 11 is 0. The number of carbonyl (C=O) groups excluding carboxylic acids is 1. The third-order valence-corrected chi connectivity index (χ3v) is 3.03. The Labute approximate surface area is 120 Å². The Kier molecular flexibility index (Phi) is 4.62. The van der Waals surface area contributed by atoms with E-state index < -0.39 is 16.3 Å². The van der Waals surface area contributed by atoms with Crippen LogP contribution in [0.4, 0.5) is 0 Å². The van der Waals surface area contributed by atoms with E-state index in [1.54, 1.807) is 18.2 Å². The molecule has 0 aliphatic heterocycles. The molecule has 21 heavy (non-hydrogen) atoms. The van der Waals surface area contributed by atoms with Crippen LogP contribution in [-0.4, -0.2) is 21.5 Å². The zero-order valence-electron chi connectivity index (χ0n) is 10.8. The molecule has 0 bridgehead atoms. The summed E-state index contributed by atoms with van der Waals surface area (Å²) in [6.45, 7) is 0. The zero-order valence-corrected chi connectivity index (χ0v) is 11.6. The van der Waals surface area contributed by atoms with Crippen LogP contribution in [0.1, 0.15) is 10.4 Å². The largest absolute Gasteiger partial charge is 0.496 e. The van der Waals surface area contributed by atoms with Crippen LogP contribution in [0.2, 0.25) is 0 Å². The molecule has 0 saturated heterocycles. The molecule has 2 rings (SSSR count). The average Bonchev–Trinajstić information content (AvgIpc) is 2.52. The SMILES string of the molecule is COc1ccccc1C(=O)OOc1cc(=S(=O)=O)cco1. The molecule has 0 aliphatic rings. The number of rotatable bonds is 4. The van der Waals surface area contributed by atoms with Crippen LogP contribution < -0.4 is 9.62 Å². The molecule has 0 fully saturated rings. The molecule has 0 amide bonds. The van der Waals surface area contributed by atoms with E-state index >= 15 is 0 Å². The number of benzene rings is 1. The van der Waals surface area contributed by atoms with E-state index in [1.807, 2.05) is 0 Å². The number of para-hydroxylation sites is 1. The van der Waals surface area contributed by atoms with Gasteiger partial charge in [0.2, 0.25) is 10.3 Å². The second-order valence-corrected chi connectivity index (χ2v) is 4.62. The molecule has 1 aromatic heterocycles. The summed E-state index contributed by atoms with van der Waals surface area (Å²) in [5.74, 6) is -0.770. The lowest BCUT2D eigenvalue weighted by Gasteiger charge is -2.06. The molecule has 7 nitrogen and oxygen atoms in total. The van der Waals surface area contributed by atoms with Crippen molar-refractivity contribution < 1.29 is 32.1 Å². The predicted molar refractivity (Wildman–Crippen MR) is 69.9 cm³/mol. The fourth-order valence-electron chi connectivity index (χ4n) is 1.45. The van der Waals surface area contributed by atoms with Crippen LogP contribution in [-0.2, 0) is 15.2 Å². The second kappa shape index (κ2) is 6.62. The van der Waals surface area contributed by atoms with E-state index in [9.17, 15) is 13.2 Å². The highest BCUT2D eigenvalue weighted by atomic mass is 32.2. The van der Waals surface area contributed by atoms with Gasteiger partial charge in [0.15, 0.2) is 0 Å². The standard InChI is InChI=1S/C13H10O7S/c1-17-11-5-3-2-4-10(11)13(14)20-19-12-8-9(21(15)16)6-7-18-12/h2-8H,1H3. The van der Waals surface area contributed by atoms with Crippen molar-refractivity contribution >= 4 is 16.3 Å². The van der Waals surface area contributed by atoms with Crippen molar-refractivity contribution in [3.63, 3.8) is 0 Å². The maximum Gasteiger partial charge on any atom is 0.390 e. The van der Waals surface area contributed by atoms with Crippen LogP contribution in [0.3, 0.4) is 0 Å². The smallest absolute Gasteiger partial charge is 0.390 e. The molecular weight excluding hydrogens is 300 g/mol. The molecule has 110 valence electrons. The lowest BCUT2D eigenvalue weighted by molar-refractivity contribution is -0.164. The van der Waals surface area contributed by atoms with E-state index in [1.165, 1.54) is 19.2 Å². The Morgan fingerprint density at radius 2 is 1.95 bits per heavy atom. The minimum Gasteiger partial charge on any atom is -0.496 e. The molecule has 1 aromatic carbocycles. The Bertz CT molecular complexity index is 812. The van der Waals surface area contributed by atoms with Gasteiger partial charge in [-0.2, -0.15) is 8.42 Å². The monoisotopic (exact) mass is 310 g/mol. The van der Waals surface area contributed by atoms with Crippen LogP contribution in [0.25, 0.3) is 0 Å². The van der Waals surface area contributed by atoms with E-state index in [0.29, 0.717) is 5.75 Å². The first-order valence-electron chi connectivity index (χ1n) is 5.65. The lowest BCUT2D eigenvalue weighted by Crippen LogP contribution is -2.09. The van der Waals surface area contributed by atoms with Crippen molar-refractivity contribution in [2.45, 2.75) is 0 Å². The van der Waals surface area contributed by atoms with E-state index in [4.69, 9.17) is 9.15 Å². The topological polar surface area (TPSA) is 92.0 Å². The Hall–Kier alpha value is -2.74. The second-order valence-electron chi connectivity index (χ2n) is 3.68. The van der Waals surface area contributed by atoms with Gasteiger partial charge in [-0.3, -0.25) is 0 Å². The number of hydrogen-bond donors (Lipinski definition) is 0. The Balaban J connectivity index is 2.15. The summed E-state index contributed by atoms with van der Waals surface area (Å²) in [6.07, 6.45) is 1.09. The molecule has 0 aliphatic carbocycles. The molecular formula is C13H10O7S. The highest BCUT2D eigenvalue weighted by Gasteiger charge is 2.15. The lowest BCUT2D eigenvalue weighted by atomic mass is 10.2. The van der Waals surface area contributed by atoms with Gasteiger partial charge in [-0.05, 0) is 18.2 Å². The molecule has 0 radical (unpaired) electrons. The zero-order chi connectivity index (χ0) is 15.2. The van der Waals surface area contributed by atoms with Crippen LogP contribution >= 0.6 is 0 Å². The molecule has 0 N–H and O–H groups in total. The maximum atomic E-state index is 11.8. The number of methoxy groups -OCH3 is 1. The fourth-order valence-corrected chi connectivity index (χ4v) is 1.81. The number of carbonyl (C=O) groups is 1. The van der Waals surface area contributed by atoms with Gasteiger partial charge in [0, 0.05) is 6.07 Å². The maximum absolute atomic E-state index is 11.8. The molecule has 0 spiro atoms. The van der Waals surface area contributed by atoms with Gasteiger partial charge in [-0.15, -0.1) is 0 Å². The van der Waals surface area contributed by atoms with Gasteiger partial charge in [0.25, 0.3) is 0 Å². The van der Waals surface area contributed by atoms with Crippen molar-refractivity contribution in [1.82, 2.24) is 0 Å². The van der Waals surface area contributed by atoms with Crippen molar-refractivity contribution in [2.75, 3.05) is 7.11 Å². The number of ether oxygens (including phenoxy) is 1. The quantitative estimate of drug-likeness (QED) is 0.483. The van der Waals surface area contributed by atoms with Gasteiger partial charge in [0.05, 0.1) is 13.4 Å². The Morgan fingerprint density at radius 1 is 1.19 bits per heavy atom. The van der Waals surface area contributed by atoms with E-state index in [-0.39, 0.29) is 16.0 Å². The van der Waals surface area contributed by atoms with Crippen molar-refractivity contribution in [3.05, 3.63) is 52.7 Å². The normalized spacial score (nSPS) is 9.76. The molecule has 8 heteroatoms. The van der Waals surface area contributed by atoms with Crippen LogP contribution in [0.5, 0.6) is 11.7 Å². The first-order chi connectivity index (χ1) is 10.1. The highest BCUT2D eigenvalue weighted by Crippen LogP contribution is 2.19. The van der Waals surface area contributed by atoms with Crippen molar-refractivity contribution in [3.8, 4) is 11.7 Å². The summed E-state index contributed by atoms with van der Waals surface area (Å²) in [5.41, 5.74) is 0.156. The Morgan fingerprint density at radius 3 is 2.67 bits per heavy atom. The van der Waals surface area contributed by atoms with E-state index in [0.717, 1.165) is 12.3 Å². The van der Waals surface area contributed by atoms with Crippen LogP contribution in [0, 0.1) is 4.51 Å². The third-order valence-electron chi connectivity index (χ3n) is 2.40. The van der Waals surface area contributed by atoms with Gasteiger partial charge >= 0.3 is 11.9 Å². The molecule has 0 unspecified atom stereocenters. The van der Waals surface area contributed by atoms with E-state index in [2.05, 4.69) is 9.78 Å². The van der Waals surface area contributed by atoms with Crippen molar-refractivity contribution in [1.29, 1.82) is 0 Å². The third kappa shape index (κ3) is 3.63. The number of hydrogen-bond acceptors (Lipinski definition) is 7. The molecule has 1 heterocycles. The summed E-state index contributed by atoms with van der Waals surface area (Å²) in [7, 11) is -1.03. The average molecular weight is 310 g/mol. The first kappa shape index (κ1) is 14.7. The van der Waals surface area contributed by atoms with Crippen LogP contribution in [0.15, 0.2) is 47.1 Å². The van der Waals surface area contributed by atoms with Gasteiger partial charge in [-0.25, -0.2) is 14.6 Å².